The maximum absolute atomic E-state index is 10.7. The molecule has 3 rings (SSSR count). The molecule has 2 heteroatoms. The quantitative estimate of drug-likeness (QED) is 0.739. The molecular weight excluding hydrogens is 210 g/mol. The normalized spacial score (nSPS) is 30.4. The van der Waals surface area contributed by atoms with Gasteiger partial charge in [-0.2, -0.15) is 0 Å². The molecule has 0 saturated carbocycles. The number of benzene rings is 1. The Labute approximate surface area is 103 Å². The Hall–Kier alpha value is -0.860. The Kier molecular flexibility index (Phi) is 2.06. The van der Waals surface area contributed by atoms with Gasteiger partial charge >= 0.3 is 0 Å². The lowest BCUT2D eigenvalue weighted by atomic mass is 9.73. The number of fused-ring (bicyclic) bond motifs is 2. The lowest BCUT2D eigenvalue weighted by molar-refractivity contribution is 0.000873. The van der Waals surface area contributed by atoms with Gasteiger partial charge in [-0.15, -0.1) is 0 Å². The van der Waals surface area contributed by atoms with Crippen LogP contribution in [0.1, 0.15) is 35.6 Å². The van der Waals surface area contributed by atoms with Crippen molar-refractivity contribution in [3.05, 3.63) is 34.4 Å². The van der Waals surface area contributed by atoms with Crippen LogP contribution >= 0.6 is 0 Å². The predicted molar refractivity (Wildman–Crippen MR) is 69.3 cm³/mol. The van der Waals surface area contributed by atoms with Gasteiger partial charge in [0, 0.05) is 18.5 Å². The molecule has 1 saturated heterocycles. The van der Waals surface area contributed by atoms with Crippen molar-refractivity contribution in [3.63, 3.8) is 0 Å². The monoisotopic (exact) mass is 231 g/mol. The second kappa shape index (κ2) is 3.12. The number of hydrogen-bond acceptors (Lipinski definition) is 2. The molecule has 1 aromatic rings. The number of hydrogen-bond donors (Lipinski definition) is 1. The van der Waals surface area contributed by atoms with Crippen molar-refractivity contribution < 1.29 is 5.11 Å². The second-order valence-electron chi connectivity index (χ2n) is 6.35. The van der Waals surface area contributed by atoms with Crippen LogP contribution in [0.25, 0.3) is 0 Å². The average Bonchev–Trinajstić information content (AvgIpc) is 2.41. The molecule has 1 atom stereocenters. The minimum atomic E-state index is -0.646. The molecule has 1 N–H and O–H groups in total. The van der Waals surface area contributed by atoms with Crippen LogP contribution in [-0.2, 0) is 11.0 Å². The summed E-state index contributed by atoms with van der Waals surface area (Å²) in [6.07, 6.45) is 0.880. The highest BCUT2D eigenvalue weighted by Crippen LogP contribution is 2.54. The van der Waals surface area contributed by atoms with E-state index in [0.717, 1.165) is 19.5 Å². The Morgan fingerprint density at radius 3 is 2.18 bits per heavy atom. The second-order valence-corrected chi connectivity index (χ2v) is 6.35. The molecule has 1 unspecified atom stereocenters. The molecule has 1 fully saturated rings. The van der Waals surface area contributed by atoms with Crippen LogP contribution in [0.15, 0.2) is 12.1 Å². The minimum Gasteiger partial charge on any atom is -0.385 e. The van der Waals surface area contributed by atoms with E-state index in [2.05, 4.69) is 37.9 Å². The van der Waals surface area contributed by atoms with Crippen molar-refractivity contribution in [2.75, 3.05) is 20.1 Å². The number of likely N-dealkylation sites (N-methyl/N-ethyl adjacent to an activating group) is 1. The first-order valence-corrected chi connectivity index (χ1v) is 6.38. The number of aliphatic hydroxyl groups is 1. The van der Waals surface area contributed by atoms with Crippen LogP contribution in [0.2, 0.25) is 0 Å². The summed E-state index contributed by atoms with van der Waals surface area (Å²) in [4.78, 5) is 2.34. The zero-order chi connectivity index (χ0) is 12.4. The summed E-state index contributed by atoms with van der Waals surface area (Å²) in [5, 5.41) is 10.7. The van der Waals surface area contributed by atoms with E-state index in [1.54, 1.807) is 0 Å². The van der Waals surface area contributed by atoms with Crippen LogP contribution in [0.3, 0.4) is 0 Å². The van der Waals surface area contributed by atoms with Gasteiger partial charge in [-0.1, -0.05) is 12.1 Å². The molecule has 1 heterocycles. The summed E-state index contributed by atoms with van der Waals surface area (Å²) in [5.74, 6) is 0. The third-order valence-electron chi connectivity index (χ3n) is 4.52. The first kappa shape index (κ1) is 11.2. The molecular formula is C15H21NO. The molecule has 2 nitrogen and oxygen atoms in total. The highest BCUT2D eigenvalue weighted by molar-refractivity contribution is 5.54. The predicted octanol–water partition coefficient (Wildman–Crippen LogP) is 2.10. The number of nitrogens with zero attached hydrogens (tertiary/aromatic N) is 1. The third-order valence-corrected chi connectivity index (χ3v) is 4.52. The third kappa shape index (κ3) is 1.34. The summed E-state index contributed by atoms with van der Waals surface area (Å²) < 4.78 is 0. The lowest BCUT2D eigenvalue weighted by Gasteiger charge is -2.48. The zero-order valence-corrected chi connectivity index (χ0v) is 11.2. The highest BCUT2D eigenvalue weighted by Gasteiger charge is 2.55. The number of aryl methyl sites for hydroxylation is 2. The lowest BCUT2D eigenvalue weighted by Crippen LogP contribution is -2.57. The molecule has 1 aliphatic heterocycles. The van der Waals surface area contributed by atoms with E-state index in [-0.39, 0.29) is 5.41 Å². The van der Waals surface area contributed by atoms with Gasteiger partial charge in [-0.25, -0.2) is 0 Å². The van der Waals surface area contributed by atoms with Gasteiger partial charge in [0.15, 0.2) is 0 Å². The van der Waals surface area contributed by atoms with Gasteiger partial charge in [-0.05, 0) is 56.5 Å². The average molecular weight is 231 g/mol. The number of rotatable bonds is 0. The highest BCUT2D eigenvalue weighted by atomic mass is 16.3. The van der Waals surface area contributed by atoms with E-state index < -0.39 is 5.60 Å². The molecule has 17 heavy (non-hydrogen) atoms. The van der Waals surface area contributed by atoms with Crippen molar-refractivity contribution in [1.82, 2.24) is 4.90 Å². The van der Waals surface area contributed by atoms with Crippen LogP contribution in [-0.4, -0.2) is 30.1 Å². The van der Waals surface area contributed by atoms with Crippen molar-refractivity contribution >= 4 is 0 Å². The van der Waals surface area contributed by atoms with Gasteiger partial charge in [-0.3, -0.25) is 0 Å². The summed E-state index contributed by atoms with van der Waals surface area (Å²) >= 11 is 0. The molecule has 0 radical (unpaired) electrons. The molecule has 0 bridgehead atoms. The number of likely N-dealkylation sites (tertiary alicyclic amines) is 1. The summed E-state index contributed by atoms with van der Waals surface area (Å²) in [6.45, 7) is 8.44. The summed E-state index contributed by atoms with van der Waals surface area (Å²) in [6, 6.07) is 4.35. The van der Waals surface area contributed by atoms with E-state index in [0.29, 0.717) is 0 Å². The molecule has 1 spiro atoms. The maximum atomic E-state index is 10.7. The molecule has 1 aromatic carbocycles. The molecule has 1 aliphatic carbocycles. The first-order chi connectivity index (χ1) is 7.86. The maximum Gasteiger partial charge on any atom is 0.0883 e. The van der Waals surface area contributed by atoms with Crippen LogP contribution < -0.4 is 0 Å². The molecule has 2 aliphatic rings. The standard InChI is InChI=1S/C15H21NO/c1-10-5-6-11(2)13-12(10)14(3,17)7-15(13)8-16(4)9-15/h5-6,17H,7-9H2,1-4H3. The first-order valence-electron chi connectivity index (χ1n) is 6.38. The molecule has 92 valence electrons. The van der Waals surface area contributed by atoms with Crippen LogP contribution in [0, 0.1) is 13.8 Å². The summed E-state index contributed by atoms with van der Waals surface area (Å²) in [5.41, 5.74) is 4.78. The van der Waals surface area contributed by atoms with Crippen LogP contribution in [0.4, 0.5) is 0 Å². The Balaban J connectivity index is 2.23. The van der Waals surface area contributed by atoms with E-state index in [1.165, 1.54) is 22.3 Å². The van der Waals surface area contributed by atoms with Gasteiger partial charge in [0.05, 0.1) is 5.60 Å². The van der Waals surface area contributed by atoms with E-state index in [9.17, 15) is 5.11 Å². The zero-order valence-electron chi connectivity index (χ0n) is 11.2. The van der Waals surface area contributed by atoms with Gasteiger partial charge < -0.3 is 10.0 Å². The fourth-order valence-corrected chi connectivity index (χ4v) is 4.28. The minimum absolute atomic E-state index is 0.212. The van der Waals surface area contributed by atoms with E-state index >= 15 is 0 Å². The Bertz CT molecular complexity index is 484. The van der Waals surface area contributed by atoms with Crippen molar-refractivity contribution in [3.8, 4) is 0 Å². The fourth-order valence-electron chi connectivity index (χ4n) is 4.28. The van der Waals surface area contributed by atoms with Gasteiger partial charge in [0.25, 0.3) is 0 Å². The topological polar surface area (TPSA) is 23.5 Å². The van der Waals surface area contributed by atoms with Crippen LogP contribution in [0.5, 0.6) is 0 Å². The van der Waals surface area contributed by atoms with Crippen molar-refractivity contribution in [1.29, 1.82) is 0 Å². The van der Waals surface area contributed by atoms with Crippen molar-refractivity contribution in [2.45, 2.75) is 38.2 Å². The summed E-state index contributed by atoms with van der Waals surface area (Å²) in [7, 11) is 2.16. The smallest absolute Gasteiger partial charge is 0.0883 e. The van der Waals surface area contributed by atoms with E-state index in [1.807, 2.05) is 6.92 Å². The molecule has 0 amide bonds. The SMILES string of the molecule is Cc1ccc(C)c2c1C(C)(O)CC21CN(C)C1. The largest absolute Gasteiger partial charge is 0.385 e. The Morgan fingerprint density at radius 1 is 1.12 bits per heavy atom. The van der Waals surface area contributed by atoms with Crippen molar-refractivity contribution in [2.24, 2.45) is 0 Å². The van der Waals surface area contributed by atoms with Gasteiger partial charge in [0.1, 0.15) is 0 Å². The van der Waals surface area contributed by atoms with E-state index in [4.69, 9.17) is 0 Å². The Morgan fingerprint density at radius 2 is 1.65 bits per heavy atom. The molecule has 0 aromatic heterocycles. The fraction of sp³-hybridized carbons (Fsp3) is 0.600. The van der Waals surface area contributed by atoms with Gasteiger partial charge in [0.2, 0.25) is 0 Å².